The van der Waals surface area contributed by atoms with Gasteiger partial charge in [-0.25, -0.2) is 4.79 Å². The quantitative estimate of drug-likeness (QED) is 0.115. The molecular weight excluding hydrogens is 845 g/mol. The third-order valence-electron chi connectivity index (χ3n) is 21.7. The highest BCUT2D eigenvalue weighted by atomic mass is 16.7. The summed E-state index contributed by atoms with van der Waals surface area (Å²) in [5.74, 6) is 14.2. The average molecular weight is 915 g/mol. The maximum atomic E-state index is 12.9. The van der Waals surface area contributed by atoms with Crippen molar-refractivity contribution in [2.75, 3.05) is 0 Å². The summed E-state index contributed by atoms with van der Waals surface area (Å²) in [7, 11) is 0. The maximum absolute atomic E-state index is 12.9. The number of hydrogen-bond acceptors (Lipinski definition) is 7. The fourth-order valence-electron chi connectivity index (χ4n) is 17.8. The molecule has 68 heavy (non-hydrogen) atoms. The van der Waals surface area contributed by atoms with Gasteiger partial charge < -0.3 is 29.9 Å². The predicted octanol–water partition coefficient (Wildman–Crippen LogP) is 11.3. The minimum Gasteiger partial charge on any atom is -0.508 e. The van der Waals surface area contributed by atoms with Crippen molar-refractivity contribution in [3.63, 3.8) is 0 Å². The Morgan fingerprint density at radius 1 is 0.500 bits per heavy atom. The van der Waals surface area contributed by atoms with Gasteiger partial charge in [-0.2, -0.15) is 0 Å². The summed E-state index contributed by atoms with van der Waals surface area (Å²) < 4.78 is 11.4. The van der Waals surface area contributed by atoms with Crippen LogP contribution in [-0.2, 0) is 19.3 Å². The van der Waals surface area contributed by atoms with Crippen LogP contribution in [0, 0.1) is 88.8 Å². The number of phenols is 1. The molecule has 9 aliphatic carbocycles. The Bertz CT molecular complexity index is 2540. The smallest absolute Gasteiger partial charge is 0.508 e. The van der Waals surface area contributed by atoms with Gasteiger partial charge in [-0.15, -0.1) is 19.3 Å². The molecule has 0 aromatic heterocycles. The van der Waals surface area contributed by atoms with Crippen LogP contribution in [0.25, 0.3) is 0 Å². The van der Waals surface area contributed by atoms with Gasteiger partial charge in [0.1, 0.15) is 34.1 Å². The van der Waals surface area contributed by atoms with Gasteiger partial charge in [-0.1, -0.05) is 56.7 Å². The number of benzene rings is 3. The molecule has 6 saturated carbocycles. The van der Waals surface area contributed by atoms with Crippen molar-refractivity contribution >= 4 is 6.16 Å². The molecule has 9 aliphatic rings. The van der Waals surface area contributed by atoms with Crippen LogP contribution in [0.1, 0.15) is 168 Å². The Hall–Kier alpha value is -4.71. The first kappa shape index (κ1) is 45.7. The molecular formula is C61H70O7. The summed E-state index contributed by atoms with van der Waals surface area (Å²) in [4.78, 5) is 12.9. The number of aromatic hydroxyl groups is 1. The number of carbonyl (C=O) groups is 1. The number of carbonyl (C=O) groups excluding carboxylic acids is 1. The van der Waals surface area contributed by atoms with Gasteiger partial charge in [0.2, 0.25) is 0 Å². The van der Waals surface area contributed by atoms with E-state index in [2.05, 4.69) is 56.7 Å². The van der Waals surface area contributed by atoms with Crippen molar-refractivity contribution in [1.82, 2.24) is 0 Å². The lowest BCUT2D eigenvalue weighted by Crippen LogP contribution is -2.50. The van der Waals surface area contributed by atoms with Crippen LogP contribution in [-0.4, -0.2) is 43.4 Å². The lowest BCUT2D eigenvalue weighted by Gasteiger charge is -2.52. The van der Waals surface area contributed by atoms with Crippen LogP contribution in [0.15, 0.2) is 54.6 Å². The Kier molecular flexibility index (Phi) is 10.9. The van der Waals surface area contributed by atoms with Crippen LogP contribution in [0.2, 0.25) is 0 Å². The molecule has 0 aliphatic heterocycles. The van der Waals surface area contributed by atoms with E-state index in [-0.39, 0.29) is 16.2 Å². The second-order valence-electron chi connectivity index (χ2n) is 23.8. The summed E-state index contributed by atoms with van der Waals surface area (Å²) in [5.41, 5.74) is 4.48. The SMILES string of the molecule is C#C[C@]1(O)CCC2C3CCc4cc(O)ccc4C3CC[C@@]21C.C#C[C@]1(O)CCC2C3CCc4cc(OC(=O)Oc5ccc6c(c5)CCC5C6CC[C@@]6(C)C5CC[C@@]6(O)C#C)ccc4C3CC[C@@]21C. The highest BCUT2D eigenvalue weighted by Crippen LogP contribution is 2.67. The van der Waals surface area contributed by atoms with Crippen molar-refractivity contribution in [2.45, 2.75) is 171 Å². The summed E-state index contributed by atoms with van der Waals surface area (Å²) in [6.45, 7) is 6.63. The Morgan fingerprint density at radius 2 is 0.838 bits per heavy atom. The summed E-state index contributed by atoms with van der Waals surface area (Å²) >= 11 is 0. The zero-order chi connectivity index (χ0) is 47.6. The number of rotatable bonds is 2. The highest BCUT2D eigenvalue weighted by molar-refractivity contribution is 5.67. The lowest BCUT2D eigenvalue weighted by atomic mass is 9.53. The first-order chi connectivity index (χ1) is 32.5. The summed E-state index contributed by atoms with van der Waals surface area (Å²) in [5, 5.41) is 43.1. The average Bonchev–Trinajstić information content (AvgIpc) is 3.90. The predicted molar refractivity (Wildman–Crippen MR) is 263 cm³/mol. The van der Waals surface area contributed by atoms with Crippen LogP contribution in [0.4, 0.5) is 4.79 Å². The van der Waals surface area contributed by atoms with Gasteiger partial charge in [0.25, 0.3) is 0 Å². The van der Waals surface area contributed by atoms with Gasteiger partial charge in [-0.3, -0.25) is 0 Å². The molecule has 7 heteroatoms. The van der Waals surface area contributed by atoms with Gasteiger partial charge in [0.05, 0.1) is 0 Å². The highest BCUT2D eigenvalue weighted by Gasteiger charge is 2.63. The molecule has 12 rings (SSSR count). The molecule has 3 aromatic carbocycles. The molecule has 6 fully saturated rings. The first-order valence-electron chi connectivity index (χ1n) is 26.1. The minimum absolute atomic E-state index is 0.128. The normalized spacial score (nSPS) is 42.1. The topological polar surface area (TPSA) is 116 Å². The zero-order valence-corrected chi connectivity index (χ0v) is 40.4. The lowest BCUT2D eigenvalue weighted by molar-refractivity contribution is -0.0647. The Morgan fingerprint density at radius 3 is 1.19 bits per heavy atom. The van der Waals surface area contributed by atoms with E-state index in [0.29, 0.717) is 83.4 Å². The molecule has 0 spiro atoms. The molecule has 9 unspecified atom stereocenters. The van der Waals surface area contributed by atoms with Crippen molar-refractivity contribution in [1.29, 1.82) is 0 Å². The van der Waals surface area contributed by atoms with Crippen molar-refractivity contribution in [2.24, 2.45) is 51.8 Å². The number of phenolic OH excluding ortho intramolecular Hbond substituents is 1. The van der Waals surface area contributed by atoms with E-state index < -0.39 is 23.0 Å². The van der Waals surface area contributed by atoms with Crippen LogP contribution < -0.4 is 9.47 Å². The van der Waals surface area contributed by atoms with E-state index >= 15 is 0 Å². The second kappa shape index (κ2) is 16.2. The number of aryl methyl sites for hydroxylation is 3. The molecule has 4 N–H and O–H groups in total. The van der Waals surface area contributed by atoms with Gasteiger partial charge in [0.15, 0.2) is 0 Å². The zero-order valence-electron chi connectivity index (χ0n) is 40.4. The molecule has 0 saturated heterocycles. The molecule has 0 amide bonds. The third-order valence-corrected chi connectivity index (χ3v) is 21.7. The van der Waals surface area contributed by atoms with E-state index in [1.54, 1.807) is 0 Å². The molecule has 0 heterocycles. The fraction of sp³-hybridized carbons (Fsp3) is 0.590. The van der Waals surface area contributed by atoms with Crippen molar-refractivity contribution < 1.29 is 34.7 Å². The van der Waals surface area contributed by atoms with E-state index in [0.717, 1.165) is 103 Å². The maximum Gasteiger partial charge on any atom is 0.519 e. The fourth-order valence-corrected chi connectivity index (χ4v) is 17.8. The minimum atomic E-state index is -0.994. The molecule has 356 valence electrons. The molecule has 0 radical (unpaired) electrons. The van der Waals surface area contributed by atoms with E-state index in [4.69, 9.17) is 28.7 Å². The number of hydrogen-bond donors (Lipinski definition) is 4. The monoisotopic (exact) mass is 915 g/mol. The summed E-state index contributed by atoms with van der Waals surface area (Å²) in [6.07, 6.45) is 34.0. The number of terminal acetylenes is 3. The number of fused-ring (bicyclic) bond motifs is 15. The standard InChI is InChI=1S/C41H46O5.C20H24O2/c1-5-40(43)21-17-35-33-11-7-25-23-27(9-13-29(25)31(33)15-19-38(35,40)3)45-37(42)46-28-10-14-30-26(24-28)8-12-34-32(30)16-20-39(4)36(34)18-22-41(39,44)6-2;1-3-20(22)11-9-18-17-6-4-13-12-14(21)5-7-15(13)16(17)8-10-19(18,20)2/h1-2,9-10,13-14,23-24,31-36,43-44H,7-8,11-12,15-22H2,3-4H3;1,5,7,12,16-18,21-22H,4,6,8-11H2,2H3/t31?,32?,33?,34?,35?,36?,38-,39-,40-,41-;16?,17?,18?,19-,20-/m00/s1. The third kappa shape index (κ3) is 6.63. The molecule has 0 bridgehead atoms. The van der Waals surface area contributed by atoms with Crippen molar-refractivity contribution in [3.05, 3.63) is 88.0 Å². The number of aliphatic hydroxyl groups is 3. The van der Waals surface area contributed by atoms with Crippen molar-refractivity contribution in [3.8, 4) is 54.3 Å². The van der Waals surface area contributed by atoms with Crippen LogP contribution >= 0.6 is 0 Å². The van der Waals surface area contributed by atoms with E-state index in [1.807, 2.05) is 36.4 Å². The van der Waals surface area contributed by atoms with Gasteiger partial charge in [0, 0.05) is 16.2 Å². The number of ether oxygens (including phenoxy) is 2. The summed E-state index contributed by atoms with van der Waals surface area (Å²) in [6, 6.07) is 18.0. The molecule has 7 nitrogen and oxygen atoms in total. The first-order valence-corrected chi connectivity index (χ1v) is 26.1. The van der Waals surface area contributed by atoms with E-state index in [9.17, 15) is 25.2 Å². The second-order valence-corrected chi connectivity index (χ2v) is 23.8. The van der Waals surface area contributed by atoms with Crippen LogP contribution in [0.5, 0.6) is 17.2 Å². The molecule has 3 aromatic rings. The van der Waals surface area contributed by atoms with Crippen LogP contribution in [0.3, 0.4) is 0 Å². The van der Waals surface area contributed by atoms with E-state index in [1.165, 1.54) is 33.4 Å². The molecule has 15 atom stereocenters. The largest absolute Gasteiger partial charge is 0.519 e. The van der Waals surface area contributed by atoms with Gasteiger partial charge >= 0.3 is 6.16 Å². The van der Waals surface area contributed by atoms with Gasteiger partial charge in [-0.05, 0) is 239 Å². The Balaban J connectivity index is 0.000000192. The Labute approximate surface area is 404 Å².